The second-order valence-electron chi connectivity index (χ2n) is 7.79. The minimum Gasteiger partial charge on any atom is -0.377 e. The summed E-state index contributed by atoms with van der Waals surface area (Å²) in [7, 11) is -3.77. The number of piperazine rings is 1. The van der Waals surface area contributed by atoms with Gasteiger partial charge in [0, 0.05) is 39.3 Å². The predicted molar refractivity (Wildman–Crippen MR) is 108 cm³/mol. The number of carbonyl (C=O) groups excluding carboxylic acids is 1. The maximum absolute atomic E-state index is 13.3. The second-order valence-corrected chi connectivity index (χ2v) is 9.73. The Morgan fingerprint density at radius 2 is 1.93 bits per heavy atom. The number of carbonyl (C=O) groups is 1. The van der Waals surface area contributed by atoms with Gasteiger partial charge in [0.1, 0.15) is 0 Å². The first-order valence-corrected chi connectivity index (χ1v) is 11.5. The van der Waals surface area contributed by atoms with Crippen molar-refractivity contribution < 1.29 is 17.9 Å². The summed E-state index contributed by atoms with van der Waals surface area (Å²) in [5.74, 6) is 0.177. The van der Waals surface area contributed by atoms with E-state index in [1.807, 2.05) is 12.1 Å². The number of amides is 1. The number of ether oxygens (including phenoxy) is 1. The van der Waals surface area contributed by atoms with Gasteiger partial charge in [-0.15, -0.1) is 0 Å². The molecule has 1 atom stereocenters. The molecule has 1 amide bonds. The van der Waals surface area contributed by atoms with E-state index in [0.29, 0.717) is 25.6 Å². The van der Waals surface area contributed by atoms with Crippen LogP contribution in [0.4, 0.5) is 0 Å². The zero-order valence-electron chi connectivity index (χ0n) is 16.8. The summed E-state index contributed by atoms with van der Waals surface area (Å²) in [6, 6.07) is 6.98. The van der Waals surface area contributed by atoms with Gasteiger partial charge < -0.3 is 15.0 Å². The van der Waals surface area contributed by atoms with Crippen LogP contribution in [0.3, 0.4) is 0 Å². The molecule has 0 aromatic heterocycles. The van der Waals surface area contributed by atoms with Crippen LogP contribution in [0.25, 0.3) is 0 Å². The molecular formula is C20H31N3O4S. The second kappa shape index (κ2) is 9.35. The van der Waals surface area contributed by atoms with Gasteiger partial charge >= 0.3 is 0 Å². The molecule has 0 aliphatic carbocycles. The van der Waals surface area contributed by atoms with E-state index >= 15 is 0 Å². The van der Waals surface area contributed by atoms with Gasteiger partial charge in [0.25, 0.3) is 0 Å². The molecule has 2 aliphatic rings. The molecule has 0 saturated carbocycles. The van der Waals surface area contributed by atoms with Gasteiger partial charge in [-0.1, -0.05) is 26.0 Å². The van der Waals surface area contributed by atoms with E-state index in [1.54, 1.807) is 17.0 Å². The van der Waals surface area contributed by atoms with Crippen molar-refractivity contribution in [2.75, 3.05) is 45.9 Å². The summed E-state index contributed by atoms with van der Waals surface area (Å²) < 4.78 is 33.6. The zero-order valence-corrected chi connectivity index (χ0v) is 17.6. The normalized spacial score (nSPS) is 20.9. The van der Waals surface area contributed by atoms with Crippen LogP contribution >= 0.6 is 0 Å². The lowest BCUT2D eigenvalue weighted by molar-refractivity contribution is -0.132. The van der Waals surface area contributed by atoms with Gasteiger partial charge in [-0.3, -0.25) is 4.79 Å². The van der Waals surface area contributed by atoms with Crippen molar-refractivity contribution in [1.82, 2.24) is 14.5 Å². The van der Waals surface area contributed by atoms with Crippen molar-refractivity contribution in [2.45, 2.75) is 43.6 Å². The molecule has 1 aromatic rings. The number of benzene rings is 1. The van der Waals surface area contributed by atoms with E-state index in [2.05, 4.69) is 19.2 Å². The van der Waals surface area contributed by atoms with Crippen molar-refractivity contribution in [1.29, 1.82) is 0 Å². The molecule has 2 aliphatic heterocycles. The van der Waals surface area contributed by atoms with Crippen molar-refractivity contribution in [3.05, 3.63) is 29.8 Å². The Kier molecular flexibility index (Phi) is 7.09. The van der Waals surface area contributed by atoms with Crippen molar-refractivity contribution in [3.63, 3.8) is 0 Å². The van der Waals surface area contributed by atoms with Crippen LogP contribution in [0, 0.1) is 0 Å². The summed E-state index contributed by atoms with van der Waals surface area (Å²) in [6.45, 7) is 7.54. The third-order valence-electron chi connectivity index (χ3n) is 5.40. The molecule has 0 radical (unpaired) electrons. The van der Waals surface area contributed by atoms with Crippen LogP contribution in [-0.2, 0) is 19.6 Å². The first kappa shape index (κ1) is 21.2. The largest absolute Gasteiger partial charge is 0.377 e. The standard InChI is InChI=1S/C20H31N3O4S/c1-16(2)17-5-7-19(8-6-17)28(25,26)23(14-18-4-3-13-27-18)15-20(24)22-11-9-21-10-12-22/h5-8,16,18,21H,3-4,9-15H2,1-2H3. The Morgan fingerprint density at radius 3 is 2.50 bits per heavy atom. The van der Waals surface area contributed by atoms with E-state index in [-0.39, 0.29) is 30.0 Å². The zero-order chi connectivity index (χ0) is 20.1. The maximum Gasteiger partial charge on any atom is 0.243 e. The van der Waals surface area contributed by atoms with Crippen LogP contribution < -0.4 is 5.32 Å². The fourth-order valence-electron chi connectivity index (χ4n) is 3.60. The highest BCUT2D eigenvalue weighted by atomic mass is 32.2. The first-order valence-electron chi connectivity index (χ1n) is 10.1. The number of rotatable bonds is 7. The topological polar surface area (TPSA) is 79.0 Å². The van der Waals surface area contributed by atoms with Gasteiger partial charge in [0.05, 0.1) is 17.5 Å². The number of hydrogen-bond donors (Lipinski definition) is 1. The summed E-state index contributed by atoms with van der Waals surface area (Å²) in [4.78, 5) is 14.7. The third-order valence-corrected chi connectivity index (χ3v) is 7.22. The molecule has 2 heterocycles. The average Bonchev–Trinajstić information content (AvgIpc) is 3.21. The van der Waals surface area contributed by atoms with Gasteiger partial charge in [0.2, 0.25) is 15.9 Å². The molecule has 28 heavy (non-hydrogen) atoms. The van der Waals surface area contributed by atoms with E-state index in [9.17, 15) is 13.2 Å². The van der Waals surface area contributed by atoms with E-state index in [1.165, 1.54) is 4.31 Å². The molecule has 156 valence electrons. The average molecular weight is 410 g/mol. The van der Waals surface area contributed by atoms with Crippen LogP contribution in [0.2, 0.25) is 0 Å². The lowest BCUT2D eigenvalue weighted by atomic mass is 10.0. The number of nitrogens with zero attached hydrogens (tertiary/aromatic N) is 2. The fourth-order valence-corrected chi connectivity index (χ4v) is 5.02. The summed E-state index contributed by atoms with van der Waals surface area (Å²) in [5.41, 5.74) is 1.08. The maximum atomic E-state index is 13.3. The summed E-state index contributed by atoms with van der Waals surface area (Å²) >= 11 is 0. The Morgan fingerprint density at radius 1 is 1.25 bits per heavy atom. The molecule has 2 saturated heterocycles. The third kappa shape index (κ3) is 5.11. The Labute approximate surface area is 168 Å². The van der Waals surface area contributed by atoms with Crippen molar-refractivity contribution in [2.24, 2.45) is 0 Å². The fraction of sp³-hybridized carbons (Fsp3) is 0.650. The molecular weight excluding hydrogens is 378 g/mol. The van der Waals surface area contributed by atoms with Crippen LogP contribution in [0.1, 0.15) is 38.2 Å². The highest BCUT2D eigenvalue weighted by Crippen LogP contribution is 2.22. The number of sulfonamides is 1. The Bertz CT molecular complexity index is 752. The minimum absolute atomic E-state index is 0.145. The molecule has 7 nitrogen and oxygen atoms in total. The van der Waals surface area contributed by atoms with Crippen LogP contribution in [0.15, 0.2) is 29.2 Å². The molecule has 2 fully saturated rings. The monoisotopic (exact) mass is 409 g/mol. The van der Waals surface area contributed by atoms with Crippen LogP contribution in [-0.4, -0.2) is 75.5 Å². The Balaban J connectivity index is 1.80. The van der Waals surface area contributed by atoms with Gasteiger partial charge in [-0.05, 0) is 36.5 Å². The first-order chi connectivity index (χ1) is 13.4. The smallest absolute Gasteiger partial charge is 0.243 e. The molecule has 8 heteroatoms. The highest BCUT2D eigenvalue weighted by molar-refractivity contribution is 7.89. The predicted octanol–water partition coefficient (Wildman–Crippen LogP) is 1.41. The lowest BCUT2D eigenvalue weighted by Crippen LogP contribution is -2.51. The van der Waals surface area contributed by atoms with E-state index in [0.717, 1.165) is 31.5 Å². The quantitative estimate of drug-likeness (QED) is 0.737. The van der Waals surface area contributed by atoms with E-state index in [4.69, 9.17) is 4.74 Å². The number of nitrogens with one attached hydrogen (secondary N) is 1. The SMILES string of the molecule is CC(C)c1ccc(S(=O)(=O)N(CC(=O)N2CCNCC2)CC2CCCO2)cc1. The molecule has 0 spiro atoms. The van der Waals surface area contributed by atoms with Gasteiger partial charge in [-0.25, -0.2) is 8.42 Å². The number of hydrogen-bond acceptors (Lipinski definition) is 5. The summed E-state index contributed by atoms with van der Waals surface area (Å²) in [6.07, 6.45) is 1.59. The molecule has 1 unspecified atom stereocenters. The Hall–Kier alpha value is -1.48. The highest BCUT2D eigenvalue weighted by Gasteiger charge is 2.32. The van der Waals surface area contributed by atoms with Crippen LogP contribution in [0.5, 0.6) is 0 Å². The molecule has 3 rings (SSSR count). The van der Waals surface area contributed by atoms with E-state index < -0.39 is 10.0 Å². The lowest BCUT2D eigenvalue weighted by Gasteiger charge is -2.31. The van der Waals surface area contributed by atoms with Crippen molar-refractivity contribution >= 4 is 15.9 Å². The van der Waals surface area contributed by atoms with Gasteiger partial charge in [0.15, 0.2) is 0 Å². The molecule has 1 N–H and O–H groups in total. The summed E-state index contributed by atoms with van der Waals surface area (Å²) in [5, 5.41) is 3.21. The molecule has 1 aromatic carbocycles. The van der Waals surface area contributed by atoms with Crippen molar-refractivity contribution in [3.8, 4) is 0 Å². The molecule has 0 bridgehead atoms. The van der Waals surface area contributed by atoms with Gasteiger partial charge in [-0.2, -0.15) is 4.31 Å². The minimum atomic E-state index is -3.77.